The summed E-state index contributed by atoms with van der Waals surface area (Å²) in [6.45, 7) is 11.0. The fourth-order valence-electron chi connectivity index (χ4n) is 4.31. The van der Waals surface area contributed by atoms with Gasteiger partial charge in [-0.25, -0.2) is 4.39 Å². The average Bonchev–Trinajstić information content (AvgIpc) is 2.99. The van der Waals surface area contributed by atoms with Crippen molar-refractivity contribution in [2.24, 2.45) is 11.8 Å². The number of ether oxygens (including phenoxy) is 1. The Kier molecular flexibility index (Phi) is 6.31. The third kappa shape index (κ3) is 4.72. The molecule has 1 heterocycles. The molecule has 0 unspecified atom stereocenters. The average molecular weight is 350 g/mol. The van der Waals surface area contributed by atoms with Gasteiger partial charge in [0.25, 0.3) is 0 Å². The zero-order valence-electron chi connectivity index (χ0n) is 15.4. The summed E-state index contributed by atoms with van der Waals surface area (Å²) in [5.74, 6) is 1.53. The summed E-state index contributed by atoms with van der Waals surface area (Å²) >= 11 is 0. The van der Waals surface area contributed by atoms with Crippen molar-refractivity contribution in [1.29, 1.82) is 0 Å². The summed E-state index contributed by atoms with van der Waals surface area (Å²) in [6.07, 6.45) is 1.06. The lowest BCUT2D eigenvalue weighted by atomic mass is 9.78. The summed E-state index contributed by atoms with van der Waals surface area (Å²) in [7, 11) is 0. The highest BCUT2D eigenvalue weighted by Gasteiger charge is 2.42. The van der Waals surface area contributed by atoms with Crippen molar-refractivity contribution in [2.45, 2.75) is 38.9 Å². The first-order valence-corrected chi connectivity index (χ1v) is 9.64. The number of halogens is 1. The number of likely N-dealkylation sites (N-methyl/N-ethyl adjacent to an activating group) is 1. The van der Waals surface area contributed by atoms with Crippen LogP contribution in [0.3, 0.4) is 0 Å². The van der Waals surface area contributed by atoms with Crippen molar-refractivity contribution in [1.82, 2.24) is 9.80 Å². The molecule has 25 heavy (non-hydrogen) atoms. The predicted octanol–water partition coefficient (Wildman–Crippen LogP) is 2.62. The molecule has 5 heteroatoms. The second-order valence-corrected chi connectivity index (χ2v) is 7.46. The van der Waals surface area contributed by atoms with E-state index in [0.717, 1.165) is 52.1 Å². The van der Waals surface area contributed by atoms with E-state index in [0.29, 0.717) is 17.6 Å². The third-order valence-electron chi connectivity index (χ3n) is 5.89. The number of hydrogen-bond donors (Lipinski definition) is 1. The van der Waals surface area contributed by atoms with E-state index in [9.17, 15) is 9.50 Å². The van der Waals surface area contributed by atoms with Crippen LogP contribution in [0.15, 0.2) is 24.3 Å². The van der Waals surface area contributed by atoms with Gasteiger partial charge in [0.1, 0.15) is 17.7 Å². The number of benzene rings is 1. The molecule has 1 saturated heterocycles. The number of fused-ring (bicyclic) bond motifs is 1. The van der Waals surface area contributed by atoms with E-state index in [1.165, 1.54) is 12.1 Å². The number of likely N-dealkylation sites (tertiary alicyclic amines) is 1. The van der Waals surface area contributed by atoms with E-state index in [2.05, 4.69) is 23.6 Å². The molecule has 1 aromatic rings. The molecule has 140 valence electrons. The minimum atomic E-state index is -0.436. The molecule has 1 saturated carbocycles. The van der Waals surface area contributed by atoms with E-state index >= 15 is 0 Å². The van der Waals surface area contributed by atoms with Gasteiger partial charge in [0.05, 0.1) is 6.10 Å². The zero-order valence-corrected chi connectivity index (χ0v) is 15.4. The molecule has 4 atom stereocenters. The Morgan fingerprint density at radius 1 is 1.12 bits per heavy atom. The normalized spacial score (nSPS) is 29.8. The lowest BCUT2D eigenvalue weighted by Crippen LogP contribution is -2.42. The molecular formula is C20H31FN2O2. The van der Waals surface area contributed by atoms with Crippen LogP contribution in [-0.2, 0) is 0 Å². The second-order valence-electron chi connectivity index (χ2n) is 7.46. The molecule has 4 nitrogen and oxygen atoms in total. The number of nitrogens with zero attached hydrogens (tertiary/aromatic N) is 2. The van der Waals surface area contributed by atoms with Crippen LogP contribution >= 0.6 is 0 Å². The summed E-state index contributed by atoms with van der Waals surface area (Å²) < 4.78 is 19.0. The van der Waals surface area contributed by atoms with Gasteiger partial charge in [-0.15, -0.1) is 0 Å². The van der Waals surface area contributed by atoms with Crippen LogP contribution in [0.2, 0.25) is 0 Å². The minimum Gasteiger partial charge on any atom is -0.488 e. The van der Waals surface area contributed by atoms with Crippen molar-refractivity contribution in [3.63, 3.8) is 0 Å². The van der Waals surface area contributed by atoms with Gasteiger partial charge in [-0.05, 0) is 62.0 Å². The fourth-order valence-corrected chi connectivity index (χ4v) is 4.31. The molecule has 1 aliphatic carbocycles. The van der Waals surface area contributed by atoms with E-state index in [-0.39, 0.29) is 11.9 Å². The first-order valence-electron chi connectivity index (χ1n) is 9.64. The summed E-state index contributed by atoms with van der Waals surface area (Å²) in [6, 6.07) is 6.08. The van der Waals surface area contributed by atoms with Crippen LogP contribution in [0, 0.1) is 17.7 Å². The smallest absolute Gasteiger partial charge is 0.125 e. The lowest BCUT2D eigenvalue weighted by Gasteiger charge is -2.35. The quantitative estimate of drug-likeness (QED) is 0.820. The highest BCUT2D eigenvalue weighted by Crippen LogP contribution is 2.37. The van der Waals surface area contributed by atoms with Crippen LogP contribution in [-0.4, -0.2) is 66.4 Å². The topological polar surface area (TPSA) is 35.9 Å². The zero-order chi connectivity index (χ0) is 17.8. The minimum absolute atomic E-state index is 0.186. The van der Waals surface area contributed by atoms with Crippen LogP contribution in [0.4, 0.5) is 4.39 Å². The highest BCUT2D eigenvalue weighted by molar-refractivity contribution is 5.22. The van der Waals surface area contributed by atoms with Crippen LogP contribution in [0.25, 0.3) is 0 Å². The molecule has 2 fully saturated rings. The number of aliphatic hydroxyl groups excluding tert-OH is 1. The Labute approximate surface area is 150 Å². The Bertz CT molecular complexity index is 535. The van der Waals surface area contributed by atoms with Crippen molar-refractivity contribution in [3.05, 3.63) is 30.1 Å². The monoisotopic (exact) mass is 350 g/mol. The van der Waals surface area contributed by atoms with Crippen LogP contribution in [0.1, 0.15) is 26.7 Å². The standard InChI is InChI=1S/C20H31FN2O2/c1-3-22(4-2)9-10-23-13-15-11-19(24)20(12-16(15)14-23)25-18-7-5-17(21)6-8-18/h5-8,15-16,19-20,24H,3-4,9-14H2,1-2H3/t15-,16+,19+,20+/m0/s1. The van der Waals surface area contributed by atoms with Crippen molar-refractivity contribution in [3.8, 4) is 5.75 Å². The molecule has 1 aromatic carbocycles. The molecule has 1 N–H and O–H groups in total. The SMILES string of the molecule is CCN(CC)CCN1C[C@H]2C[C@@H](Oc3ccc(F)cc3)[C@H](O)C[C@H]2C1. The number of aliphatic hydroxyl groups is 1. The molecule has 0 amide bonds. The summed E-state index contributed by atoms with van der Waals surface area (Å²) in [4.78, 5) is 5.00. The molecule has 0 aromatic heterocycles. The Morgan fingerprint density at radius 3 is 2.40 bits per heavy atom. The maximum Gasteiger partial charge on any atom is 0.125 e. The molecule has 2 aliphatic rings. The first kappa shape index (κ1) is 18.6. The van der Waals surface area contributed by atoms with Gasteiger partial charge in [-0.2, -0.15) is 0 Å². The molecule has 1 aliphatic heterocycles. The van der Waals surface area contributed by atoms with Gasteiger partial charge in [0.2, 0.25) is 0 Å². The van der Waals surface area contributed by atoms with E-state index < -0.39 is 6.10 Å². The third-order valence-corrected chi connectivity index (χ3v) is 5.89. The second kappa shape index (κ2) is 8.47. The van der Waals surface area contributed by atoms with Crippen molar-refractivity contribution < 1.29 is 14.2 Å². The molecule has 0 bridgehead atoms. The first-order chi connectivity index (χ1) is 12.1. The number of rotatable bonds is 7. The summed E-state index contributed by atoms with van der Waals surface area (Å²) in [5, 5.41) is 10.5. The molecule has 0 radical (unpaired) electrons. The molecule has 0 spiro atoms. The van der Waals surface area contributed by atoms with Crippen molar-refractivity contribution >= 4 is 0 Å². The largest absolute Gasteiger partial charge is 0.488 e. The Morgan fingerprint density at radius 2 is 1.76 bits per heavy atom. The number of hydrogen-bond acceptors (Lipinski definition) is 4. The molecule has 3 rings (SSSR count). The van der Waals surface area contributed by atoms with Crippen molar-refractivity contribution in [2.75, 3.05) is 39.3 Å². The fraction of sp³-hybridized carbons (Fsp3) is 0.700. The summed E-state index contributed by atoms with van der Waals surface area (Å²) in [5.41, 5.74) is 0. The van der Waals surface area contributed by atoms with Crippen LogP contribution in [0.5, 0.6) is 5.75 Å². The van der Waals surface area contributed by atoms with E-state index in [4.69, 9.17) is 4.74 Å². The van der Waals surface area contributed by atoms with Gasteiger partial charge in [-0.1, -0.05) is 13.8 Å². The predicted molar refractivity (Wildman–Crippen MR) is 97.3 cm³/mol. The van der Waals surface area contributed by atoms with Gasteiger partial charge in [-0.3, -0.25) is 0 Å². The van der Waals surface area contributed by atoms with Gasteiger partial charge in [0, 0.05) is 26.2 Å². The van der Waals surface area contributed by atoms with Crippen LogP contribution < -0.4 is 4.74 Å². The van der Waals surface area contributed by atoms with Gasteiger partial charge in [0.15, 0.2) is 0 Å². The maximum absolute atomic E-state index is 13.0. The Balaban J connectivity index is 1.52. The van der Waals surface area contributed by atoms with Gasteiger partial charge >= 0.3 is 0 Å². The van der Waals surface area contributed by atoms with Gasteiger partial charge < -0.3 is 19.6 Å². The lowest BCUT2D eigenvalue weighted by molar-refractivity contribution is -0.0231. The van der Waals surface area contributed by atoms with E-state index in [1.54, 1.807) is 12.1 Å². The highest BCUT2D eigenvalue weighted by atomic mass is 19.1. The maximum atomic E-state index is 13.0. The Hall–Kier alpha value is -1.17. The van der Waals surface area contributed by atoms with E-state index in [1.807, 2.05) is 0 Å². The molecular weight excluding hydrogens is 319 g/mol.